The molecule has 2 amide bonds. The monoisotopic (exact) mass is 401 g/mol. The van der Waals surface area contributed by atoms with Gasteiger partial charge in [0.2, 0.25) is 5.91 Å². The van der Waals surface area contributed by atoms with Crippen molar-refractivity contribution in [3.63, 3.8) is 0 Å². The average molecular weight is 402 g/mol. The summed E-state index contributed by atoms with van der Waals surface area (Å²) in [6, 6.07) is 8.28. The minimum Gasteiger partial charge on any atom is -0.444 e. The molecule has 0 bridgehead atoms. The molecule has 0 spiro atoms. The van der Waals surface area contributed by atoms with Crippen LogP contribution in [0, 0.1) is 6.92 Å². The second-order valence-corrected chi connectivity index (χ2v) is 9.32. The molecule has 1 aromatic rings. The Bertz CT molecular complexity index is 720. The first-order chi connectivity index (χ1) is 13.7. The number of nitrogens with zero attached hydrogens (tertiary/aromatic N) is 2. The van der Waals surface area contributed by atoms with E-state index in [2.05, 4.69) is 41.4 Å². The molecule has 2 fully saturated rings. The average Bonchev–Trinajstić information content (AvgIpc) is 3.14. The molecule has 1 aromatic carbocycles. The van der Waals surface area contributed by atoms with E-state index in [0.29, 0.717) is 13.0 Å². The molecular weight excluding hydrogens is 366 g/mol. The number of carbonyl (C=O) groups is 2. The van der Waals surface area contributed by atoms with Crippen LogP contribution in [-0.2, 0) is 16.1 Å². The minimum atomic E-state index is -0.551. The Balaban J connectivity index is 1.48. The second kappa shape index (κ2) is 9.16. The van der Waals surface area contributed by atoms with Gasteiger partial charge in [0.25, 0.3) is 0 Å². The van der Waals surface area contributed by atoms with E-state index in [9.17, 15) is 9.59 Å². The fraction of sp³-hybridized carbons (Fsp3) is 0.652. The van der Waals surface area contributed by atoms with Crippen molar-refractivity contribution in [2.24, 2.45) is 0 Å². The zero-order valence-electron chi connectivity index (χ0n) is 18.2. The van der Waals surface area contributed by atoms with E-state index in [4.69, 9.17) is 4.74 Å². The number of hydrogen-bond donors (Lipinski definition) is 1. The lowest BCUT2D eigenvalue weighted by atomic mass is 10.0. The molecular formula is C23H35N3O3. The van der Waals surface area contributed by atoms with Crippen LogP contribution in [0.2, 0.25) is 0 Å². The van der Waals surface area contributed by atoms with E-state index in [-0.39, 0.29) is 18.0 Å². The summed E-state index contributed by atoms with van der Waals surface area (Å²) in [7, 11) is 0. The molecule has 6 nitrogen and oxygen atoms in total. The largest absolute Gasteiger partial charge is 0.444 e. The van der Waals surface area contributed by atoms with Crippen molar-refractivity contribution in [1.29, 1.82) is 0 Å². The SMILES string of the molecule is Cc1ccccc1CN1CCC(NC(=O)C2CCCN2C(=O)OC(C)(C)C)CC1. The van der Waals surface area contributed by atoms with E-state index in [1.807, 2.05) is 20.8 Å². The zero-order chi connectivity index (χ0) is 21.0. The van der Waals surface area contributed by atoms with Crippen molar-refractivity contribution in [2.75, 3.05) is 19.6 Å². The molecule has 2 aliphatic heterocycles. The first kappa shape index (κ1) is 21.6. The number of nitrogens with one attached hydrogen (secondary N) is 1. The number of carbonyl (C=O) groups excluding carboxylic acids is 2. The molecule has 1 atom stereocenters. The van der Waals surface area contributed by atoms with Gasteiger partial charge in [0.1, 0.15) is 11.6 Å². The summed E-state index contributed by atoms with van der Waals surface area (Å²) in [5.41, 5.74) is 2.14. The molecule has 0 saturated carbocycles. The van der Waals surface area contributed by atoms with Gasteiger partial charge < -0.3 is 10.1 Å². The maximum Gasteiger partial charge on any atom is 0.410 e. The molecule has 2 saturated heterocycles. The van der Waals surface area contributed by atoms with Gasteiger partial charge >= 0.3 is 6.09 Å². The predicted molar refractivity (Wildman–Crippen MR) is 114 cm³/mol. The van der Waals surface area contributed by atoms with Gasteiger partial charge in [-0.1, -0.05) is 24.3 Å². The molecule has 1 unspecified atom stereocenters. The molecule has 160 valence electrons. The first-order valence-corrected chi connectivity index (χ1v) is 10.8. The molecule has 1 N–H and O–H groups in total. The smallest absolute Gasteiger partial charge is 0.410 e. The minimum absolute atomic E-state index is 0.0364. The number of hydrogen-bond acceptors (Lipinski definition) is 4. The fourth-order valence-electron chi connectivity index (χ4n) is 4.14. The van der Waals surface area contributed by atoms with Crippen LogP contribution in [0.25, 0.3) is 0 Å². The molecule has 2 heterocycles. The number of benzene rings is 1. The van der Waals surface area contributed by atoms with Crippen molar-refractivity contribution in [2.45, 2.75) is 77.6 Å². The van der Waals surface area contributed by atoms with Crippen molar-refractivity contribution >= 4 is 12.0 Å². The molecule has 3 rings (SSSR count). The maximum absolute atomic E-state index is 12.8. The van der Waals surface area contributed by atoms with Crippen molar-refractivity contribution in [3.8, 4) is 0 Å². The molecule has 0 aromatic heterocycles. The number of piperidine rings is 1. The highest BCUT2D eigenvalue weighted by Gasteiger charge is 2.37. The highest BCUT2D eigenvalue weighted by atomic mass is 16.6. The maximum atomic E-state index is 12.8. The third-order valence-corrected chi connectivity index (χ3v) is 5.77. The lowest BCUT2D eigenvalue weighted by Gasteiger charge is -2.34. The van der Waals surface area contributed by atoms with Gasteiger partial charge in [0.15, 0.2) is 0 Å². The molecule has 0 radical (unpaired) electrons. The Hall–Kier alpha value is -2.08. The van der Waals surface area contributed by atoms with Gasteiger partial charge in [-0.25, -0.2) is 4.79 Å². The number of likely N-dealkylation sites (tertiary alicyclic amines) is 2. The molecule has 29 heavy (non-hydrogen) atoms. The van der Waals surface area contributed by atoms with Crippen LogP contribution in [0.5, 0.6) is 0 Å². The Morgan fingerprint density at radius 1 is 1.10 bits per heavy atom. The van der Waals surface area contributed by atoms with Crippen LogP contribution in [0.1, 0.15) is 57.6 Å². The van der Waals surface area contributed by atoms with E-state index >= 15 is 0 Å². The molecule has 0 aliphatic carbocycles. The summed E-state index contributed by atoms with van der Waals surface area (Å²) >= 11 is 0. The zero-order valence-corrected chi connectivity index (χ0v) is 18.2. The van der Waals surface area contributed by atoms with Crippen LogP contribution in [0.3, 0.4) is 0 Å². The summed E-state index contributed by atoms with van der Waals surface area (Å²) in [4.78, 5) is 29.3. The summed E-state index contributed by atoms with van der Waals surface area (Å²) < 4.78 is 5.47. The first-order valence-electron chi connectivity index (χ1n) is 10.8. The van der Waals surface area contributed by atoms with Crippen LogP contribution >= 0.6 is 0 Å². The Morgan fingerprint density at radius 2 is 1.79 bits per heavy atom. The second-order valence-electron chi connectivity index (χ2n) is 9.32. The number of ether oxygens (including phenoxy) is 1. The van der Waals surface area contributed by atoms with Gasteiger partial charge in [0.05, 0.1) is 0 Å². The molecule has 6 heteroatoms. The summed E-state index contributed by atoms with van der Waals surface area (Å²) in [5, 5.41) is 3.19. The van der Waals surface area contributed by atoms with Crippen LogP contribution in [0.4, 0.5) is 4.79 Å². The third kappa shape index (κ3) is 5.95. The summed E-state index contributed by atoms with van der Waals surface area (Å²) in [5.74, 6) is -0.0364. The van der Waals surface area contributed by atoms with Crippen molar-refractivity contribution < 1.29 is 14.3 Å². The van der Waals surface area contributed by atoms with E-state index < -0.39 is 11.6 Å². The summed E-state index contributed by atoms with van der Waals surface area (Å²) in [6.07, 6.45) is 3.04. The van der Waals surface area contributed by atoms with Gasteiger partial charge in [-0.05, 0) is 64.5 Å². The normalized spacial score (nSPS) is 21.2. The van der Waals surface area contributed by atoms with Crippen molar-refractivity contribution in [1.82, 2.24) is 15.1 Å². The fourth-order valence-corrected chi connectivity index (χ4v) is 4.14. The van der Waals surface area contributed by atoms with Crippen molar-refractivity contribution in [3.05, 3.63) is 35.4 Å². The quantitative estimate of drug-likeness (QED) is 0.839. The topological polar surface area (TPSA) is 61.9 Å². The molecule has 2 aliphatic rings. The van der Waals surface area contributed by atoms with Gasteiger partial charge in [-0.3, -0.25) is 14.6 Å². The lowest BCUT2D eigenvalue weighted by Crippen LogP contribution is -2.52. The van der Waals surface area contributed by atoms with Crippen LogP contribution in [-0.4, -0.2) is 59.1 Å². The van der Waals surface area contributed by atoms with Crippen LogP contribution in [0.15, 0.2) is 24.3 Å². The van der Waals surface area contributed by atoms with Gasteiger partial charge in [-0.2, -0.15) is 0 Å². The van der Waals surface area contributed by atoms with Gasteiger partial charge in [0, 0.05) is 32.2 Å². The Labute approximate surface area is 174 Å². The Kier molecular flexibility index (Phi) is 6.83. The van der Waals surface area contributed by atoms with Crippen LogP contribution < -0.4 is 5.32 Å². The number of aryl methyl sites for hydroxylation is 1. The lowest BCUT2D eigenvalue weighted by molar-refractivity contribution is -0.126. The van der Waals surface area contributed by atoms with E-state index in [1.54, 1.807) is 4.90 Å². The Morgan fingerprint density at radius 3 is 2.45 bits per heavy atom. The number of rotatable bonds is 4. The summed E-state index contributed by atoms with van der Waals surface area (Å²) in [6.45, 7) is 11.2. The van der Waals surface area contributed by atoms with Gasteiger partial charge in [-0.15, -0.1) is 0 Å². The highest BCUT2D eigenvalue weighted by Crippen LogP contribution is 2.22. The number of amides is 2. The predicted octanol–water partition coefficient (Wildman–Crippen LogP) is 3.48. The standard InChI is InChI=1S/C23H35N3O3/c1-17-8-5-6-9-18(17)16-25-14-11-19(12-15-25)24-21(27)20-10-7-13-26(20)22(28)29-23(2,3)4/h5-6,8-9,19-20H,7,10-16H2,1-4H3,(H,24,27). The third-order valence-electron chi connectivity index (χ3n) is 5.77. The van der Waals surface area contributed by atoms with E-state index in [0.717, 1.165) is 38.9 Å². The van der Waals surface area contributed by atoms with E-state index in [1.165, 1.54) is 11.1 Å². The highest BCUT2D eigenvalue weighted by molar-refractivity contribution is 5.86.